The molecule has 4 heterocycles. The number of esters is 4. The topological polar surface area (TPSA) is 112 Å². The number of carbonyl (C=O) groups excluding carboxylic acids is 4. The Morgan fingerprint density at radius 3 is 1.41 bits per heavy atom. The van der Waals surface area contributed by atoms with Crippen molar-refractivity contribution in [1.82, 2.24) is 9.80 Å². The Hall–Kier alpha value is -2.98. The maximum Gasteiger partial charge on any atom is 0.334 e. The summed E-state index contributed by atoms with van der Waals surface area (Å²) in [7, 11) is 4.01. The number of nitrogens with zero attached hydrogens (tertiary/aromatic N) is 2. The minimum Gasteiger partial charge on any atom is -0.459 e. The Labute approximate surface area is 242 Å². The number of hydrogen-bond acceptors (Lipinski definition) is 10. The van der Waals surface area contributed by atoms with Crippen LogP contribution in [-0.4, -0.2) is 96.4 Å². The van der Waals surface area contributed by atoms with Crippen LogP contribution >= 0.6 is 0 Å². The maximum atomic E-state index is 12.8. The minimum absolute atomic E-state index is 0.0268. The van der Waals surface area contributed by atoms with E-state index in [9.17, 15) is 19.2 Å². The van der Waals surface area contributed by atoms with Gasteiger partial charge in [-0.3, -0.25) is 9.80 Å². The fourth-order valence-corrected chi connectivity index (χ4v) is 6.71. The lowest BCUT2D eigenvalue weighted by Crippen LogP contribution is -2.46. The van der Waals surface area contributed by atoms with Crippen LogP contribution < -0.4 is 0 Å². The Kier molecular flexibility index (Phi) is 9.74. The highest BCUT2D eigenvalue weighted by atomic mass is 16.6. The van der Waals surface area contributed by atoms with Gasteiger partial charge >= 0.3 is 23.9 Å². The Morgan fingerprint density at radius 2 is 0.976 bits per heavy atom. The van der Waals surface area contributed by atoms with Gasteiger partial charge in [0.2, 0.25) is 0 Å². The van der Waals surface area contributed by atoms with Crippen molar-refractivity contribution in [3.63, 3.8) is 0 Å². The third-order valence-corrected chi connectivity index (χ3v) is 8.70. The second-order valence-corrected chi connectivity index (χ2v) is 12.5. The van der Waals surface area contributed by atoms with Crippen LogP contribution in [0.1, 0.15) is 73.1 Å². The highest BCUT2D eigenvalue weighted by molar-refractivity contribution is 5.96. The lowest BCUT2D eigenvalue weighted by atomic mass is 10.00. The molecule has 4 aliphatic heterocycles. The summed E-state index contributed by atoms with van der Waals surface area (Å²) in [6, 6.07) is 0.243. The number of likely N-dealkylation sites (N-methyl/N-ethyl adjacent to an activating group) is 2. The molecule has 0 spiro atoms. The predicted octanol–water partition coefficient (Wildman–Crippen LogP) is 3.25. The van der Waals surface area contributed by atoms with Crippen LogP contribution in [0.4, 0.5) is 0 Å². The summed E-state index contributed by atoms with van der Waals surface area (Å²) in [6.07, 6.45) is 6.84. The summed E-state index contributed by atoms with van der Waals surface area (Å²) in [5, 5.41) is 0. The standard InChI is InChI=1S/C31H44N2O8/c1-17(2)8-28(34)40-26-13-20-11-22(15-24(26)32(20)6)38-30(36)10-19(5)31(37)39-23-12-21-14-27(25(16-23)33(21)7)41-29(35)9-18(3)4/h8-10,20-27H,11-16H2,1-7H3/b19-10-/t20-,21+,22+,23-,24+,25-,26-,27+/m0/s1. The van der Waals surface area contributed by atoms with Crippen LogP contribution in [-0.2, 0) is 38.1 Å². The third kappa shape index (κ3) is 7.65. The van der Waals surface area contributed by atoms with E-state index < -0.39 is 11.9 Å². The summed E-state index contributed by atoms with van der Waals surface area (Å²) in [4.78, 5) is 54.3. The zero-order valence-electron chi connectivity index (χ0n) is 25.3. The fraction of sp³-hybridized carbons (Fsp3) is 0.677. The molecule has 41 heavy (non-hydrogen) atoms. The number of piperidine rings is 2. The Bertz CT molecular complexity index is 1130. The first kappa shape index (κ1) is 31.0. The van der Waals surface area contributed by atoms with E-state index in [0.717, 1.165) is 11.1 Å². The number of rotatable bonds is 8. The van der Waals surface area contributed by atoms with Gasteiger partial charge in [-0.25, -0.2) is 19.2 Å². The van der Waals surface area contributed by atoms with E-state index in [0.29, 0.717) is 38.5 Å². The number of fused-ring (bicyclic) bond motifs is 4. The molecule has 4 bridgehead atoms. The molecule has 0 aliphatic carbocycles. The van der Waals surface area contributed by atoms with Gasteiger partial charge in [-0.15, -0.1) is 0 Å². The minimum atomic E-state index is -0.582. The van der Waals surface area contributed by atoms with Gasteiger partial charge in [0, 0.05) is 74.4 Å². The number of allylic oxidation sites excluding steroid dienone is 2. The lowest BCUT2D eigenvalue weighted by Gasteiger charge is -2.36. The molecular formula is C31H44N2O8. The monoisotopic (exact) mass is 572 g/mol. The van der Waals surface area contributed by atoms with Gasteiger partial charge in [-0.1, -0.05) is 11.1 Å². The van der Waals surface area contributed by atoms with E-state index in [1.165, 1.54) is 18.2 Å². The van der Waals surface area contributed by atoms with E-state index >= 15 is 0 Å². The normalized spacial score (nSPS) is 33.0. The summed E-state index contributed by atoms with van der Waals surface area (Å²) in [6.45, 7) is 8.94. The molecule has 0 N–H and O–H groups in total. The lowest BCUT2D eigenvalue weighted by molar-refractivity contribution is -0.152. The molecule has 0 aromatic rings. The van der Waals surface area contributed by atoms with Gasteiger partial charge in [0.1, 0.15) is 24.4 Å². The van der Waals surface area contributed by atoms with Crippen LogP contribution in [0.25, 0.3) is 0 Å². The molecule has 0 aromatic heterocycles. The molecule has 8 atom stereocenters. The number of ether oxygens (including phenoxy) is 4. The van der Waals surface area contributed by atoms with Gasteiger partial charge in [0.15, 0.2) is 0 Å². The molecule has 4 fully saturated rings. The molecular weight excluding hydrogens is 528 g/mol. The molecule has 0 unspecified atom stereocenters. The van der Waals surface area contributed by atoms with E-state index in [1.807, 2.05) is 41.8 Å². The van der Waals surface area contributed by atoms with Crippen molar-refractivity contribution in [2.75, 3.05) is 14.1 Å². The van der Waals surface area contributed by atoms with Gasteiger partial charge in [-0.2, -0.15) is 0 Å². The van der Waals surface area contributed by atoms with Crippen LogP contribution in [0.5, 0.6) is 0 Å². The summed E-state index contributed by atoms with van der Waals surface area (Å²) >= 11 is 0. The van der Waals surface area contributed by atoms with E-state index in [-0.39, 0.29) is 66.1 Å². The van der Waals surface area contributed by atoms with Crippen LogP contribution in [0.3, 0.4) is 0 Å². The summed E-state index contributed by atoms with van der Waals surface area (Å²) in [5.74, 6) is -1.83. The van der Waals surface area contributed by atoms with Crippen LogP contribution in [0.15, 0.2) is 34.9 Å². The van der Waals surface area contributed by atoms with Gasteiger partial charge in [0.05, 0.1) is 12.1 Å². The summed E-state index contributed by atoms with van der Waals surface area (Å²) in [5.41, 5.74) is 1.94. The van der Waals surface area contributed by atoms with E-state index in [4.69, 9.17) is 18.9 Å². The molecule has 4 aliphatic rings. The Morgan fingerprint density at radius 1 is 0.561 bits per heavy atom. The van der Waals surface area contributed by atoms with Crippen molar-refractivity contribution >= 4 is 23.9 Å². The molecule has 226 valence electrons. The van der Waals surface area contributed by atoms with Crippen LogP contribution in [0, 0.1) is 0 Å². The number of hydrogen-bond donors (Lipinski definition) is 0. The molecule has 10 heteroatoms. The maximum absolute atomic E-state index is 12.8. The molecule has 0 amide bonds. The van der Waals surface area contributed by atoms with Crippen molar-refractivity contribution < 1.29 is 38.1 Å². The van der Waals surface area contributed by atoms with Crippen molar-refractivity contribution in [1.29, 1.82) is 0 Å². The molecule has 0 saturated carbocycles. The fourth-order valence-electron chi connectivity index (χ4n) is 6.71. The first-order valence-electron chi connectivity index (χ1n) is 14.6. The van der Waals surface area contributed by atoms with E-state index in [1.54, 1.807) is 6.92 Å². The van der Waals surface area contributed by atoms with Gasteiger partial charge in [-0.05, 0) is 48.7 Å². The first-order valence-corrected chi connectivity index (χ1v) is 14.6. The van der Waals surface area contributed by atoms with Gasteiger partial charge in [0.25, 0.3) is 0 Å². The smallest absolute Gasteiger partial charge is 0.334 e. The highest BCUT2D eigenvalue weighted by Crippen LogP contribution is 2.39. The second kappa shape index (κ2) is 12.9. The SMILES string of the molecule is CC(C)=CC(=O)O[C@H]1C[C@@H]2C[C@@H](OC(=O)/C=C(/C)C(=O)O[C@H]3C[C@@H]4C[C@@H](OC(=O)C=C(C)C)[C@H](C3)N4C)C[C@H]1N2C. The first-order chi connectivity index (χ1) is 19.3. The Balaban J connectivity index is 1.27. The number of carbonyl (C=O) groups is 4. The zero-order valence-corrected chi connectivity index (χ0v) is 25.3. The molecule has 10 nitrogen and oxygen atoms in total. The average molecular weight is 573 g/mol. The van der Waals surface area contributed by atoms with Crippen molar-refractivity contribution in [3.05, 3.63) is 34.9 Å². The highest BCUT2D eigenvalue weighted by Gasteiger charge is 2.49. The quantitative estimate of drug-likeness (QED) is 0.244. The van der Waals surface area contributed by atoms with Crippen molar-refractivity contribution in [3.8, 4) is 0 Å². The predicted molar refractivity (Wildman–Crippen MR) is 151 cm³/mol. The van der Waals surface area contributed by atoms with Crippen molar-refractivity contribution in [2.45, 2.75) is 122 Å². The molecule has 0 aromatic carbocycles. The molecule has 0 radical (unpaired) electrons. The van der Waals surface area contributed by atoms with Crippen molar-refractivity contribution in [2.24, 2.45) is 0 Å². The summed E-state index contributed by atoms with van der Waals surface area (Å²) < 4.78 is 22.9. The largest absolute Gasteiger partial charge is 0.459 e. The van der Waals surface area contributed by atoms with E-state index in [2.05, 4.69) is 9.80 Å². The molecule has 4 rings (SSSR count). The zero-order chi connectivity index (χ0) is 30.0. The second-order valence-electron chi connectivity index (χ2n) is 12.5. The van der Waals surface area contributed by atoms with Crippen LogP contribution in [0.2, 0.25) is 0 Å². The molecule has 4 saturated heterocycles. The average Bonchev–Trinajstić information content (AvgIpc) is 3.12. The van der Waals surface area contributed by atoms with Gasteiger partial charge < -0.3 is 18.9 Å². The third-order valence-electron chi connectivity index (χ3n) is 8.70.